The number of carbonyl (C=O) groups excluding carboxylic acids is 1. The number of hydrogen-bond donors (Lipinski definition) is 0. The van der Waals surface area contributed by atoms with Gasteiger partial charge in [0.2, 0.25) is 17.6 Å². The highest BCUT2D eigenvalue weighted by atomic mass is 35.5. The number of methoxy groups -OCH3 is 1. The van der Waals surface area contributed by atoms with Gasteiger partial charge in [-0.25, -0.2) is 0 Å². The Labute approximate surface area is 196 Å². The Morgan fingerprint density at radius 2 is 1.88 bits per heavy atom. The number of ether oxygens (including phenoxy) is 1. The third kappa shape index (κ3) is 5.48. The molecule has 32 heavy (non-hydrogen) atoms. The Balaban J connectivity index is 1.29. The van der Waals surface area contributed by atoms with Crippen molar-refractivity contribution in [3.63, 3.8) is 0 Å². The maximum atomic E-state index is 12.5. The highest BCUT2D eigenvalue weighted by Gasteiger charge is 2.21. The molecule has 1 saturated heterocycles. The molecule has 9 heteroatoms. The topological polar surface area (TPSA) is 71.7 Å². The molecule has 4 rings (SSSR count). The summed E-state index contributed by atoms with van der Waals surface area (Å²) in [5, 5.41) is 5.20. The molecule has 1 fully saturated rings. The molecule has 0 radical (unpaired) electrons. The molecule has 0 saturated carbocycles. The zero-order valence-electron chi connectivity index (χ0n) is 17.5. The van der Waals surface area contributed by atoms with Gasteiger partial charge in [-0.05, 0) is 54.1 Å². The van der Waals surface area contributed by atoms with Crippen molar-refractivity contribution in [3.05, 3.63) is 70.0 Å². The molecule has 1 aromatic heterocycles. The van der Waals surface area contributed by atoms with E-state index in [2.05, 4.69) is 15.0 Å². The summed E-state index contributed by atoms with van der Waals surface area (Å²) in [7, 11) is 1.62. The van der Waals surface area contributed by atoms with Crippen molar-refractivity contribution < 1.29 is 14.1 Å². The number of carbonyl (C=O) groups is 1. The molecule has 166 valence electrons. The highest BCUT2D eigenvalue weighted by Crippen LogP contribution is 2.22. The predicted molar refractivity (Wildman–Crippen MR) is 124 cm³/mol. The van der Waals surface area contributed by atoms with E-state index in [0.717, 1.165) is 30.0 Å². The smallest absolute Gasteiger partial charge is 0.246 e. The average Bonchev–Trinajstić information content (AvgIpc) is 3.28. The van der Waals surface area contributed by atoms with Crippen LogP contribution in [0.25, 0.3) is 17.5 Å². The molecule has 1 aliphatic heterocycles. The van der Waals surface area contributed by atoms with Crippen LogP contribution in [0.3, 0.4) is 0 Å². The SMILES string of the molecule is COc1ccc(-c2noc(CN3CCN(C(=O)/C=C/c4cc(Cl)ccc4Cl)CC3)n2)cc1. The van der Waals surface area contributed by atoms with Crippen molar-refractivity contribution >= 4 is 35.2 Å². The largest absolute Gasteiger partial charge is 0.497 e. The van der Waals surface area contributed by atoms with Crippen molar-refractivity contribution in [2.75, 3.05) is 33.3 Å². The van der Waals surface area contributed by atoms with Gasteiger partial charge in [0.25, 0.3) is 0 Å². The van der Waals surface area contributed by atoms with Crippen LogP contribution in [-0.2, 0) is 11.3 Å². The van der Waals surface area contributed by atoms with Gasteiger partial charge in [0, 0.05) is 47.9 Å². The normalized spacial score (nSPS) is 14.8. The van der Waals surface area contributed by atoms with E-state index in [9.17, 15) is 4.79 Å². The Kier molecular flexibility index (Phi) is 7.09. The third-order valence-corrected chi connectivity index (χ3v) is 5.80. The van der Waals surface area contributed by atoms with Crippen LogP contribution in [0.2, 0.25) is 10.0 Å². The zero-order chi connectivity index (χ0) is 22.5. The maximum Gasteiger partial charge on any atom is 0.246 e. The highest BCUT2D eigenvalue weighted by molar-refractivity contribution is 6.34. The summed E-state index contributed by atoms with van der Waals surface area (Å²) in [6.45, 7) is 3.21. The number of halogens is 2. The summed E-state index contributed by atoms with van der Waals surface area (Å²) in [6, 6.07) is 12.7. The number of amides is 1. The second-order valence-electron chi connectivity index (χ2n) is 7.34. The molecule has 0 bridgehead atoms. The van der Waals surface area contributed by atoms with Gasteiger partial charge < -0.3 is 14.2 Å². The minimum absolute atomic E-state index is 0.0553. The molecule has 0 atom stereocenters. The number of rotatable bonds is 6. The minimum atomic E-state index is -0.0553. The summed E-state index contributed by atoms with van der Waals surface area (Å²) in [5.41, 5.74) is 1.58. The molecule has 0 N–H and O–H groups in total. The molecule has 0 aliphatic carbocycles. The molecule has 1 amide bonds. The van der Waals surface area contributed by atoms with E-state index < -0.39 is 0 Å². The lowest BCUT2D eigenvalue weighted by Crippen LogP contribution is -2.47. The lowest BCUT2D eigenvalue weighted by molar-refractivity contribution is -0.127. The first-order chi connectivity index (χ1) is 15.5. The molecule has 0 spiro atoms. The number of piperazine rings is 1. The lowest BCUT2D eigenvalue weighted by atomic mass is 10.2. The van der Waals surface area contributed by atoms with Gasteiger partial charge in [0.1, 0.15) is 5.75 Å². The summed E-state index contributed by atoms with van der Waals surface area (Å²) >= 11 is 12.1. The first kappa shape index (κ1) is 22.3. The van der Waals surface area contributed by atoms with Crippen LogP contribution in [0, 0.1) is 0 Å². The molecule has 2 heterocycles. The number of benzene rings is 2. The zero-order valence-corrected chi connectivity index (χ0v) is 19.0. The molecular formula is C23H22Cl2N4O3. The first-order valence-electron chi connectivity index (χ1n) is 10.1. The van der Waals surface area contributed by atoms with Crippen LogP contribution in [0.1, 0.15) is 11.5 Å². The molecular weight excluding hydrogens is 451 g/mol. The van der Waals surface area contributed by atoms with E-state index in [1.165, 1.54) is 6.08 Å². The summed E-state index contributed by atoms with van der Waals surface area (Å²) in [4.78, 5) is 21.0. The minimum Gasteiger partial charge on any atom is -0.497 e. The maximum absolute atomic E-state index is 12.5. The first-order valence-corrected chi connectivity index (χ1v) is 10.9. The van der Waals surface area contributed by atoms with E-state index >= 15 is 0 Å². The van der Waals surface area contributed by atoms with Gasteiger partial charge in [-0.2, -0.15) is 4.98 Å². The van der Waals surface area contributed by atoms with Gasteiger partial charge in [-0.15, -0.1) is 0 Å². The van der Waals surface area contributed by atoms with Gasteiger partial charge in [-0.1, -0.05) is 28.4 Å². The van der Waals surface area contributed by atoms with E-state index in [-0.39, 0.29) is 5.91 Å². The van der Waals surface area contributed by atoms with E-state index in [1.54, 1.807) is 31.4 Å². The fourth-order valence-corrected chi connectivity index (χ4v) is 3.76. The monoisotopic (exact) mass is 472 g/mol. The Bertz CT molecular complexity index is 1110. The molecule has 3 aromatic rings. The fourth-order valence-electron chi connectivity index (χ4n) is 3.40. The number of hydrogen-bond acceptors (Lipinski definition) is 6. The van der Waals surface area contributed by atoms with E-state index in [1.807, 2.05) is 29.2 Å². The van der Waals surface area contributed by atoms with Gasteiger partial charge in [0.15, 0.2) is 0 Å². The lowest BCUT2D eigenvalue weighted by Gasteiger charge is -2.33. The summed E-state index contributed by atoms with van der Waals surface area (Å²) in [6.07, 6.45) is 3.23. The van der Waals surface area contributed by atoms with Crippen molar-refractivity contribution in [1.82, 2.24) is 19.9 Å². The summed E-state index contributed by atoms with van der Waals surface area (Å²) < 4.78 is 10.6. The Hall–Kier alpha value is -2.87. The third-order valence-electron chi connectivity index (χ3n) is 5.22. The van der Waals surface area contributed by atoms with Crippen LogP contribution >= 0.6 is 23.2 Å². The van der Waals surface area contributed by atoms with Crippen molar-refractivity contribution in [1.29, 1.82) is 0 Å². The summed E-state index contributed by atoms with van der Waals surface area (Å²) in [5.74, 6) is 1.81. The molecule has 0 unspecified atom stereocenters. The number of nitrogens with zero attached hydrogens (tertiary/aromatic N) is 4. The van der Waals surface area contributed by atoms with Crippen LogP contribution < -0.4 is 4.74 Å². The van der Waals surface area contributed by atoms with Crippen molar-refractivity contribution in [3.8, 4) is 17.1 Å². The van der Waals surface area contributed by atoms with Crippen LogP contribution in [0.15, 0.2) is 53.1 Å². The number of aromatic nitrogens is 2. The molecule has 1 aliphatic rings. The molecule has 7 nitrogen and oxygen atoms in total. The van der Waals surface area contributed by atoms with Gasteiger partial charge in [0.05, 0.1) is 13.7 Å². The van der Waals surface area contributed by atoms with Crippen LogP contribution in [0.5, 0.6) is 5.75 Å². The van der Waals surface area contributed by atoms with E-state index in [4.69, 9.17) is 32.5 Å². The van der Waals surface area contributed by atoms with Crippen molar-refractivity contribution in [2.45, 2.75) is 6.54 Å². The second-order valence-corrected chi connectivity index (χ2v) is 8.18. The van der Waals surface area contributed by atoms with Gasteiger partial charge >= 0.3 is 0 Å². The van der Waals surface area contributed by atoms with Crippen LogP contribution in [0.4, 0.5) is 0 Å². The van der Waals surface area contributed by atoms with E-state index in [0.29, 0.717) is 41.4 Å². The van der Waals surface area contributed by atoms with Crippen molar-refractivity contribution in [2.24, 2.45) is 0 Å². The van der Waals surface area contributed by atoms with Crippen LogP contribution in [-0.4, -0.2) is 59.1 Å². The standard InChI is InChI=1S/C23H22Cl2N4O3/c1-31-19-6-2-16(3-7-19)23-26-21(32-27-23)15-28-10-12-29(13-11-28)22(30)9-4-17-14-18(24)5-8-20(17)25/h2-9,14H,10-13,15H2,1H3/b9-4+. The van der Waals surface area contributed by atoms with Gasteiger partial charge in [-0.3, -0.25) is 9.69 Å². The molecule has 2 aromatic carbocycles. The predicted octanol–water partition coefficient (Wildman–Crippen LogP) is 4.41. The average molecular weight is 473 g/mol. The fraction of sp³-hybridized carbons (Fsp3) is 0.261. The Morgan fingerprint density at radius 1 is 1.12 bits per heavy atom. The second kappa shape index (κ2) is 10.2. The quantitative estimate of drug-likeness (QED) is 0.494. The Morgan fingerprint density at radius 3 is 2.59 bits per heavy atom.